The Morgan fingerprint density at radius 2 is 1.56 bits per heavy atom. The van der Waals surface area contributed by atoms with Crippen molar-refractivity contribution in [2.45, 2.75) is 4.90 Å². The lowest BCUT2D eigenvalue weighted by Gasteiger charge is -2.05. The zero-order valence-corrected chi connectivity index (χ0v) is 11.4. The average Bonchev–Trinajstić information content (AvgIpc) is 2.31. The van der Waals surface area contributed by atoms with Crippen molar-refractivity contribution in [1.29, 1.82) is 0 Å². The van der Waals surface area contributed by atoms with E-state index in [-0.39, 0.29) is 0 Å². The van der Waals surface area contributed by atoms with Crippen LogP contribution in [0.5, 0.6) is 0 Å². The molecule has 2 aromatic rings. The van der Waals surface area contributed by atoms with Crippen LogP contribution in [0.15, 0.2) is 59.5 Å². The monoisotopic (exact) mass is 343 g/mol. The molecule has 0 fully saturated rings. The Balaban J connectivity index is 2.12. The fourth-order valence-electron chi connectivity index (χ4n) is 1.23. The van der Waals surface area contributed by atoms with Gasteiger partial charge < -0.3 is 4.72 Å². The van der Waals surface area contributed by atoms with Crippen LogP contribution in [0.1, 0.15) is 0 Å². The topological polar surface area (TPSA) is 29.1 Å². The Bertz CT molecular complexity index is 484. The second-order valence-corrected chi connectivity index (χ2v) is 5.65. The molecule has 82 valence electrons. The zero-order chi connectivity index (χ0) is 11.4. The van der Waals surface area contributed by atoms with Crippen molar-refractivity contribution in [3.05, 3.63) is 58.2 Å². The predicted octanol–water partition coefficient (Wildman–Crippen LogP) is 3.43. The van der Waals surface area contributed by atoms with Gasteiger partial charge in [0.15, 0.2) is 0 Å². The van der Waals surface area contributed by atoms with Gasteiger partial charge in [0.2, 0.25) is 0 Å². The fourth-order valence-corrected chi connectivity index (χ4v) is 2.44. The second kappa shape index (κ2) is 5.45. The van der Waals surface area contributed by atoms with E-state index in [4.69, 9.17) is 0 Å². The van der Waals surface area contributed by atoms with E-state index >= 15 is 0 Å². The van der Waals surface area contributed by atoms with Gasteiger partial charge in [-0.15, -0.1) is 0 Å². The van der Waals surface area contributed by atoms with Gasteiger partial charge in [0, 0.05) is 9.26 Å². The number of hydrogen-bond donors (Lipinski definition) is 1. The van der Waals surface area contributed by atoms with E-state index in [1.165, 1.54) is 0 Å². The summed E-state index contributed by atoms with van der Waals surface area (Å²) in [6.45, 7) is 0. The summed E-state index contributed by atoms with van der Waals surface area (Å²) >= 11 is 2.22. The molecule has 0 heterocycles. The highest BCUT2D eigenvalue weighted by atomic mass is 127. The maximum absolute atomic E-state index is 11.9. The third-order valence-electron chi connectivity index (χ3n) is 2.01. The van der Waals surface area contributed by atoms with Gasteiger partial charge in [-0.2, -0.15) is 0 Å². The van der Waals surface area contributed by atoms with Crippen molar-refractivity contribution >= 4 is 39.3 Å². The molecule has 1 N–H and O–H groups in total. The highest BCUT2D eigenvalue weighted by Gasteiger charge is 2.02. The molecule has 2 nitrogen and oxygen atoms in total. The van der Waals surface area contributed by atoms with E-state index in [1.54, 1.807) is 0 Å². The molecular formula is C12H10INOS. The van der Waals surface area contributed by atoms with Crippen molar-refractivity contribution in [2.24, 2.45) is 0 Å². The van der Waals surface area contributed by atoms with Crippen LogP contribution >= 0.6 is 22.6 Å². The van der Waals surface area contributed by atoms with Gasteiger partial charge in [-0.25, -0.2) is 4.21 Å². The molecule has 0 bridgehead atoms. The molecule has 0 saturated heterocycles. The normalized spacial score (nSPS) is 12.1. The van der Waals surface area contributed by atoms with E-state index in [2.05, 4.69) is 27.3 Å². The molecule has 0 aromatic heterocycles. The molecular weight excluding hydrogens is 333 g/mol. The van der Waals surface area contributed by atoms with Gasteiger partial charge in [0.05, 0.1) is 4.90 Å². The minimum absolute atomic E-state index is 0.782. The summed E-state index contributed by atoms with van der Waals surface area (Å²) in [7, 11) is -1.20. The van der Waals surface area contributed by atoms with Crippen LogP contribution < -0.4 is 4.72 Å². The van der Waals surface area contributed by atoms with Crippen LogP contribution in [0.4, 0.5) is 5.69 Å². The van der Waals surface area contributed by atoms with Crippen LogP contribution in [0.3, 0.4) is 0 Å². The summed E-state index contributed by atoms with van der Waals surface area (Å²) < 4.78 is 16.0. The molecule has 0 aliphatic heterocycles. The first-order valence-corrected chi connectivity index (χ1v) is 6.97. The van der Waals surface area contributed by atoms with E-state index < -0.39 is 11.0 Å². The molecule has 1 atom stereocenters. The maximum Gasteiger partial charge on any atom is 0.150 e. The number of rotatable bonds is 3. The number of anilines is 1. The third kappa shape index (κ3) is 3.05. The molecule has 0 amide bonds. The van der Waals surface area contributed by atoms with Crippen LogP contribution in [-0.2, 0) is 11.0 Å². The number of nitrogens with one attached hydrogen (secondary N) is 1. The van der Waals surface area contributed by atoms with Gasteiger partial charge >= 0.3 is 0 Å². The largest absolute Gasteiger partial charge is 0.301 e. The molecule has 0 aliphatic carbocycles. The highest BCUT2D eigenvalue weighted by molar-refractivity contribution is 14.1. The summed E-state index contributed by atoms with van der Waals surface area (Å²) in [6, 6.07) is 17.2. The average molecular weight is 343 g/mol. The lowest BCUT2D eigenvalue weighted by molar-refractivity contribution is 0.686. The smallest absolute Gasteiger partial charge is 0.150 e. The minimum Gasteiger partial charge on any atom is -0.301 e. The molecule has 4 heteroatoms. The summed E-state index contributed by atoms with van der Waals surface area (Å²) in [5.41, 5.74) is 0.861. The van der Waals surface area contributed by atoms with Crippen molar-refractivity contribution < 1.29 is 4.21 Å². The molecule has 0 radical (unpaired) electrons. The number of hydrogen-bond acceptors (Lipinski definition) is 1. The number of benzene rings is 2. The van der Waals surface area contributed by atoms with Crippen molar-refractivity contribution in [3.8, 4) is 0 Å². The molecule has 2 rings (SSSR count). The highest BCUT2D eigenvalue weighted by Crippen LogP contribution is 2.13. The van der Waals surface area contributed by atoms with E-state index in [0.717, 1.165) is 14.2 Å². The van der Waals surface area contributed by atoms with Crippen LogP contribution in [0.2, 0.25) is 0 Å². The molecule has 16 heavy (non-hydrogen) atoms. The lowest BCUT2D eigenvalue weighted by atomic mass is 10.3. The third-order valence-corrected chi connectivity index (χ3v) is 3.85. The molecule has 2 aromatic carbocycles. The summed E-state index contributed by atoms with van der Waals surface area (Å²) in [5.74, 6) is 0. The number of halogens is 1. The Kier molecular flexibility index (Phi) is 3.95. The van der Waals surface area contributed by atoms with Gasteiger partial charge in [-0.1, -0.05) is 18.2 Å². The van der Waals surface area contributed by atoms with Gasteiger partial charge in [-0.3, -0.25) is 0 Å². The quantitative estimate of drug-likeness (QED) is 0.850. The summed E-state index contributed by atoms with van der Waals surface area (Å²) in [5, 5.41) is 0. The first kappa shape index (κ1) is 11.6. The van der Waals surface area contributed by atoms with Crippen molar-refractivity contribution in [2.75, 3.05) is 4.72 Å². The Labute approximate surface area is 111 Å². The molecule has 0 spiro atoms. The first-order chi connectivity index (χ1) is 7.75. The van der Waals surface area contributed by atoms with E-state index in [9.17, 15) is 4.21 Å². The van der Waals surface area contributed by atoms with Crippen molar-refractivity contribution in [3.63, 3.8) is 0 Å². The summed E-state index contributed by atoms with van der Waals surface area (Å²) in [4.78, 5) is 0.782. The first-order valence-electron chi connectivity index (χ1n) is 4.75. The molecule has 0 saturated carbocycles. The predicted molar refractivity (Wildman–Crippen MR) is 75.6 cm³/mol. The fraction of sp³-hybridized carbons (Fsp3) is 0. The molecule has 0 unspecified atom stereocenters. The zero-order valence-electron chi connectivity index (χ0n) is 8.39. The maximum atomic E-state index is 11.9. The molecule has 0 aliphatic rings. The van der Waals surface area contributed by atoms with Crippen LogP contribution in [0.25, 0.3) is 0 Å². The van der Waals surface area contributed by atoms with E-state index in [1.807, 2.05) is 54.6 Å². The lowest BCUT2D eigenvalue weighted by Crippen LogP contribution is -2.04. The Morgan fingerprint density at radius 3 is 2.19 bits per heavy atom. The van der Waals surface area contributed by atoms with Crippen LogP contribution in [-0.4, -0.2) is 4.21 Å². The van der Waals surface area contributed by atoms with E-state index in [0.29, 0.717) is 0 Å². The summed E-state index contributed by atoms with van der Waals surface area (Å²) in [6.07, 6.45) is 0. The van der Waals surface area contributed by atoms with Crippen LogP contribution in [0, 0.1) is 3.57 Å². The van der Waals surface area contributed by atoms with Gasteiger partial charge in [0.25, 0.3) is 0 Å². The van der Waals surface area contributed by atoms with Gasteiger partial charge in [0.1, 0.15) is 11.0 Å². The second-order valence-electron chi connectivity index (χ2n) is 3.19. The van der Waals surface area contributed by atoms with Gasteiger partial charge in [-0.05, 0) is 59.0 Å². The Morgan fingerprint density at radius 1 is 0.938 bits per heavy atom. The Hall–Kier alpha value is -0.880. The standard InChI is InChI=1S/C12H10INOS/c13-10-6-8-12(9-7-10)16(15)14-11-4-2-1-3-5-11/h1-9,14H/t16-/m1/s1. The number of para-hydroxylation sites is 1. The van der Waals surface area contributed by atoms with Crippen molar-refractivity contribution in [1.82, 2.24) is 0 Å². The minimum atomic E-state index is -1.20. The SMILES string of the molecule is O=[S@@](Nc1ccccc1)c1ccc(I)cc1.